The molecule has 0 bridgehead atoms. The lowest BCUT2D eigenvalue weighted by atomic mass is 9.65. The molecule has 0 heterocycles. The molecule has 1 aromatic rings. The van der Waals surface area contributed by atoms with Gasteiger partial charge in [-0.15, -0.1) is 0 Å². The van der Waals surface area contributed by atoms with E-state index in [1.165, 1.54) is 18.2 Å². The highest BCUT2D eigenvalue weighted by Crippen LogP contribution is 2.45. The molecule has 3 unspecified atom stereocenters. The van der Waals surface area contributed by atoms with Crippen molar-refractivity contribution in [3.05, 3.63) is 35.4 Å². The van der Waals surface area contributed by atoms with Gasteiger partial charge in [0.25, 0.3) is 0 Å². The summed E-state index contributed by atoms with van der Waals surface area (Å²) in [4.78, 5) is 0. The Morgan fingerprint density at radius 3 is 2.40 bits per heavy atom. The van der Waals surface area contributed by atoms with Crippen molar-refractivity contribution >= 4 is 0 Å². The Kier molecular flexibility index (Phi) is 2.74. The molecule has 1 aliphatic carbocycles. The normalized spacial score (nSPS) is 30.0. The van der Waals surface area contributed by atoms with Crippen molar-refractivity contribution in [3.8, 4) is 0 Å². The maximum Gasteiger partial charge on any atom is 0.129 e. The molecule has 0 radical (unpaired) electrons. The van der Waals surface area contributed by atoms with Crippen molar-refractivity contribution in [1.82, 2.24) is 0 Å². The second-order valence-corrected chi connectivity index (χ2v) is 4.21. The van der Waals surface area contributed by atoms with Gasteiger partial charge in [-0.05, 0) is 30.4 Å². The van der Waals surface area contributed by atoms with Crippen molar-refractivity contribution < 1.29 is 8.78 Å². The van der Waals surface area contributed by atoms with E-state index in [9.17, 15) is 8.78 Å². The number of hydrogen-bond donors (Lipinski definition) is 1. The molecule has 1 aliphatic rings. The van der Waals surface area contributed by atoms with Crippen LogP contribution in [0, 0.1) is 17.6 Å². The summed E-state index contributed by atoms with van der Waals surface area (Å²) < 4.78 is 27.0. The lowest BCUT2D eigenvalue weighted by molar-refractivity contribution is 0.190. The highest BCUT2D eigenvalue weighted by Gasteiger charge is 2.40. The molecule has 2 rings (SSSR count). The van der Waals surface area contributed by atoms with Gasteiger partial charge in [0.2, 0.25) is 0 Å². The number of hydrogen-bond acceptors (Lipinski definition) is 1. The Morgan fingerprint density at radius 1 is 1.33 bits per heavy atom. The second kappa shape index (κ2) is 3.89. The van der Waals surface area contributed by atoms with Crippen molar-refractivity contribution in [2.45, 2.75) is 31.7 Å². The molecule has 15 heavy (non-hydrogen) atoms. The quantitative estimate of drug-likeness (QED) is 0.799. The lowest BCUT2D eigenvalue weighted by Crippen LogP contribution is -2.46. The van der Waals surface area contributed by atoms with Gasteiger partial charge in [0.05, 0.1) is 0 Å². The zero-order valence-electron chi connectivity index (χ0n) is 8.71. The Hall–Kier alpha value is -0.960. The predicted octanol–water partition coefficient (Wildman–Crippen LogP) is 2.81. The van der Waals surface area contributed by atoms with Gasteiger partial charge in [-0.25, -0.2) is 8.78 Å². The zero-order valence-corrected chi connectivity index (χ0v) is 8.71. The van der Waals surface area contributed by atoms with Crippen LogP contribution in [0.4, 0.5) is 8.78 Å². The van der Waals surface area contributed by atoms with E-state index < -0.39 is 11.6 Å². The molecular weight excluding hydrogens is 196 g/mol. The van der Waals surface area contributed by atoms with Crippen LogP contribution in [0.15, 0.2) is 18.2 Å². The molecule has 82 valence electrons. The van der Waals surface area contributed by atoms with E-state index >= 15 is 0 Å². The van der Waals surface area contributed by atoms with E-state index in [0.29, 0.717) is 6.42 Å². The number of nitrogens with two attached hydrogens (primary N) is 1. The first-order valence-corrected chi connectivity index (χ1v) is 5.34. The maximum absolute atomic E-state index is 13.5. The van der Waals surface area contributed by atoms with Gasteiger partial charge < -0.3 is 5.73 Å². The first-order chi connectivity index (χ1) is 7.15. The van der Waals surface area contributed by atoms with E-state index in [0.717, 1.165) is 6.42 Å². The summed E-state index contributed by atoms with van der Waals surface area (Å²) >= 11 is 0. The number of rotatable bonds is 2. The first-order valence-electron chi connectivity index (χ1n) is 5.34. The minimum atomic E-state index is -0.439. The smallest absolute Gasteiger partial charge is 0.129 e. The highest BCUT2D eigenvalue weighted by molar-refractivity contribution is 5.28. The summed E-state index contributed by atoms with van der Waals surface area (Å²) in [5.41, 5.74) is 6.04. The molecule has 3 heteroatoms. The van der Waals surface area contributed by atoms with Crippen LogP contribution in [0.3, 0.4) is 0 Å². The van der Waals surface area contributed by atoms with Gasteiger partial charge in [0.15, 0.2) is 0 Å². The minimum Gasteiger partial charge on any atom is -0.327 e. The van der Waals surface area contributed by atoms with Gasteiger partial charge >= 0.3 is 0 Å². The fourth-order valence-corrected chi connectivity index (χ4v) is 2.53. The molecule has 2 N–H and O–H groups in total. The molecule has 0 aliphatic heterocycles. The summed E-state index contributed by atoms with van der Waals surface area (Å²) in [6, 6.07) is 4.12. The third-order valence-electron chi connectivity index (χ3n) is 3.43. The topological polar surface area (TPSA) is 26.0 Å². The second-order valence-electron chi connectivity index (χ2n) is 4.21. The van der Waals surface area contributed by atoms with E-state index in [2.05, 4.69) is 0 Å². The van der Waals surface area contributed by atoms with Crippen LogP contribution in [-0.4, -0.2) is 6.04 Å². The summed E-state index contributed by atoms with van der Waals surface area (Å²) in [5, 5.41) is 0. The van der Waals surface area contributed by atoms with Crippen molar-refractivity contribution in [3.63, 3.8) is 0 Å². The first kappa shape index (κ1) is 10.6. The zero-order chi connectivity index (χ0) is 11.0. The van der Waals surface area contributed by atoms with Gasteiger partial charge in [-0.1, -0.05) is 19.4 Å². The molecule has 0 spiro atoms. The molecule has 0 amide bonds. The monoisotopic (exact) mass is 211 g/mol. The molecule has 1 saturated carbocycles. The Balaban J connectivity index is 2.31. The number of benzene rings is 1. The SMILES string of the molecule is CCC1C(N)CC1c1c(F)cccc1F. The predicted molar refractivity (Wildman–Crippen MR) is 55.5 cm³/mol. The molecule has 1 nitrogen and oxygen atoms in total. The summed E-state index contributed by atoms with van der Waals surface area (Å²) in [6.07, 6.45) is 1.57. The van der Waals surface area contributed by atoms with Gasteiger partial charge in [0.1, 0.15) is 11.6 Å². The molecule has 1 fully saturated rings. The Bertz CT molecular complexity index is 344. The van der Waals surface area contributed by atoms with Crippen LogP contribution in [-0.2, 0) is 0 Å². The van der Waals surface area contributed by atoms with Crippen LogP contribution in [0.2, 0.25) is 0 Å². The summed E-state index contributed by atoms with van der Waals surface area (Å²) in [5.74, 6) is -0.696. The maximum atomic E-state index is 13.5. The molecular formula is C12H15F2N. The molecule has 0 aromatic heterocycles. The van der Waals surface area contributed by atoms with Crippen LogP contribution >= 0.6 is 0 Å². The largest absolute Gasteiger partial charge is 0.327 e. The fourth-order valence-electron chi connectivity index (χ4n) is 2.53. The van der Waals surface area contributed by atoms with Crippen LogP contribution in [0.25, 0.3) is 0 Å². The van der Waals surface area contributed by atoms with Gasteiger partial charge in [-0.3, -0.25) is 0 Å². The van der Waals surface area contributed by atoms with E-state index in [4.69, 9.17) is 5.73 Å². The third kappa shape index (κ3) is 1.65. The minimum absolute atomic E-state index is 0.0359. The standard InChI is InChI=1S/C12H15F2N/c1-2-7-8(6-11(7)15)12-9(13)4-3-5-10(12)14/h3-5,7-8,11H,2,6,15H2,1H3. The van der Waals surface area contributed by atoms with E-state index in [-0.39, 0.29) is 23.4 Å². The molecule has 1 aromatic carbocycles. The molecule has 0 saturated heterocycles. The van der Waals surface area contributed by atoms with Gasteiger partial charge in [-0.2, -0.15) is 0 Å². The van der Waals surface area contributed by atoms with Crippen molar-refractivity contribution in [2.24, 2.45) is 11.7 Å². The Morgan fingerprint density at radius 2 is 1.93 bits per heavy atom. The van der Waals surface area contributed by atoms with Crippen molar-refractivity contribution in [2.75, 3.05) is 0 Å². The highest BCUT2D eigenvalue weighted by atomic mass is 19.1. The average molecular weight is 211 g/mol. The average Bonchev–Trinajstić information content (AvgIpc) is 2.16. The van der Waals surface area contributed by atoms with E-state index in [1.807, 2.05) is 6.92 Å². The Labute approximate surface area is 88.3 Å². The molecule has 3 atom stereocenters. The van der Waals surface area contributed by atoms with Crippen molar-refractivity contribution in [1.29, 1.82) is 0 Å². The van der Waals surface area contributed by atoms with E-state index in [1.54, 1.807) is 0 Å². The van der Waals surface area contributed by atoms with Gasteiger partial charge in [0, 0.05) is 11.6 Å². The summed E-state index contributed by atoms with van der Waals surface area (Å²) in [7, 11) is 0. The van der Waals surface area contributed by atoms with Crippen LogP contribution in [0.5, 0.6) is 0 Å². The summed E-state index contributed by atoms with van der Waals surface area (Å²) in [6.45, 7) is 2.01. The fraction of sp³-hybridized carbons (Fsp3) is 0.500. The lowest BCUT2D eigenvalue weighted by Gasteiger charge is -2.42. The van der Waals surface area contributed by atoms with Crippen LogP contribution < -0.4 is 5.73 Å². The number of halogens is 2. The van der Waals surface area contributed by atoms with Crippen LogP contribution in [0.1, 0.15) is 31.2 Å². The third-order valence-corrected chi connectivity index (χ3v) is 3.43.